The van der Waals surface area contributed by atoms with Crippen LogP contribution in [0.15, 0.2) is 259 Å². The molecule has 0 radical (unpaired) electrons. The number of ether oxygens (including phenoxy) is 5. The number of nitrogens with zero attached hydrogens (tertiary/aromatic N) is 17. The van der Waals surface area contributed by atoms with Crippen molar-refractivity contribution in [3.05, 3.63) is 315 Å². The van der Waals surface area contributed by atoms with E-state index in [1.165, 1.54) is 77.5 Å². The highest BCUT2D eigenvalue weighted by Crippen LogP contribution is 2.45. The Labute approximate surface area is 833 Å². The Balaban J connectivity index is 0.000000149. The number of thiazole rings is 2. The molecule has 0 aliphatic carbocycles. The van der Waals surface area contributed by atoms with Gasteiger partial charge < -0.3 is 65.4 Å². The van der Waals surface area contributed by atoms with Crippen LogP contribution in [0.5, 0.6) is 0 Å². The number of nitrogen functional groups attached to an aromatic ring is 2. The monoisotopic (exact) mass is 2070 g/mol. The molecule has 15 aromatic rings. The van der Waals surface area contributed by atoms with Gasteiger partial charge in [-0.3, -0.25) is 29.7 Å². The summed E-state index contributed by atoms with van der Waals surface area (Å²) in [5, 5.41) is 28.1. The number of aromatic nitrogens is 11. The van der Waals surface area contributed by atoms with Gasteiger partial charge in [0.05, 0.1) is 155 Å². The molecular weight excluding hydrogens is 1980 g/mol. The minimum atomic E-state index is -4.84. The van der Waals surface area contributed by atoms with Crippen LogP contribution in [0.25, 0.3) is 64.8 Å². The number of rotatable bonds is 20. The largest absolute Gasteiger partial charge is 0.397 e. The number of pyridine rings is 5. The van der Waals surface area contributed by atoms with Gasteiger partial charge in [-0.05, 0) is 121 Å². The second kappa shape index (κ2) is 50.6. The van der Waals surface area contributed by atoms with E-state index in [2.05, 4.69) is 70.2 Å². The molecular formula is C95H89Cl2F6N23O13S4. The van der Waals surface area contributed by atoms with Gasteiger partial charge in [-0.1, -0.05) is 96.5 Å². The number of anilines is 10. The molecule has 36 nitrogen and oxygen atoms in total. The van der Waals surface area contributed by atoms with Crippen LogP contribution >= 0.6 is 45.9 Å². The summed E-state index contributed by atoms with van der Waals surface area (Å²) in [4.78, 5) is 73.7. The molecule has 0 bridgehead atoms. The number of nitro groups is 2. The van der Waals surface area contributed by atoms with E-state index in [1.54, 1.807) is 43.0 Å². The summed E-state index contributed by atoms with van der Waals surface area (Å²) in [5.74, 6) is -3.39. The number of nitrogens with two attached hydrogens (primary N) is 2. The van der Waals surface area contributed by atoms with E-state index in [0.29, 0.717) is 74.6 Å². The smallest absolute Gasteiger partial charge is 0.287 e. The molecule has 5 aliphatic rings. The van der Waals surface area contributed by atoms with Gasteiger partial charge in [0.1, 0.15) is 74.1 Å². The number of sulfonamides is 2. The minimum absolute atomic E-state index is 0.0204. The van der Waals surface area contributed by atoms with Crippen molar-refractivity contribution in [1.82, 2.24) is 60.1 Å². The van der Waals surface area contributed by atoms with E-state index in [0.717, 1.165) is 194 Å². The number of morpholine rings is 5. The van der Waals surface area contributed by atoms with Crippen LogP contribution in [0.3, 0.4) is 0 Å². The Hall–Kier alpha value is -14.7. The lowest BCUT2D eigenvalue weighted by Gasteiger charge is -2.27. The van der Waals surface area contributed by atoms with Gasteiger partial charge in [-0.2, -0.15) is 0 Å². The Bertz CT molecular complexity index is 6900. The van der Waals surface area contributed by atoms with Crippen LogP contribution in [0.2, 0.25) is 10.4 Å². The van der Waals surface area contributed by atoms with Crippen molar-refractivity contribution in [2.24, 2.45) is 0 Å². The molecule has 0 unspecified atom stereocenters. The highest BCUT2D eigenvalue weighted by Gasteiger charge is 2.31. The molecule has 0 atom stereocenters. The molecule has 20 rings (SSSR count). The van der Waals surface area contributed by atoms with Crippen LogP contribution in [0.4, 0.5) is 95.4 Å². The molecule has 9 aromatic heterocycles. The maximum Gasteiger partial charge on any atom is 0.287 e. The van der Waals surface area contributed by atoms with E-state index in [1.807, 2.05) is 111 Å². The molecule has 143 heavy (non-hydrogen) atoms. The molecule has 0 spiro atoms. The van der Waals surface area contributed by atoms with E-state index < -0.39 is 86.0 Å². The van der Waals surface area contributed by atoms with E-state index in [4.69, 9.17) is 68.3 Å². The predicted molar refractivity (Wildman–Crippen MR) is 535 cm³/mol. The third-order valence-electron chi connectivity index (χ3n) is 21.0. The van der Waals surface area contributed by atoms with Gasteiger partial charge in [0, 0.05) is 112 Å². The lowest BCUT2D eigenvalue weighted by Crippen LogP contribution is -2.36. The van der Waals surface area contributed by atoms with Crippen molar-refractivity contribution < 1.29 is 76.7 Å². The van der Waals surface area contributed by atoms with Crippen molar-refractivity contribution in [2.45, 2.75) is 9.79 Å². The van der Waals surface area contributed by atoms with Crippen LogP contribution in [-0.2, 0) is 43.7 Å². The Morgan fingerprint density at radius 2 is 0.762 bits per heavy atom. The van der Waals surface area contributed by atoms with Crippen LogP contribution in [-0.4, -0.2) is 213 Å². The molecule has 0 saturated carbocycles. The first-order valence-electron chi connectivity index (χ1n) is 43.8. The third kappa shape index (κ3) is 28.8. The van der Waals surface area contributed by atoms with Gasteiger partial charge in [0.15, 0.2) is 21.4 Å². The standard InChI is InChI=1S/C34H26F3N7O3S2.C25H14ClF3N4O2S2.C9H11N3O3.2C9H13N3O.C5H3ClN2O2.C4H9NO/c35-24-9-5-10-25(36)32(24)49(45,46)43-26-11-4-8-23(29(26)37)30-31(48-33(42-30)21-6-2-1-3-7-21)27-14-15-38-34(41-27)40-22-12-13-28(39-20-22)44-16-18-47-19-17-44;26-25-30-13-12-19(31-25)22-21(32-24(36-22)14-6-2-1-3-7-14)15-8-4-11-18(20(15)29)33-37(34,35)23-16(27)9-5-10-17(23)28;13-12(14)8-1-2-9(10-7-8)11-3-5-15-6-4-11;2*10-8-1-2-9(11-7-8)12-3-5-13-6-4-12;6-5-2-1-4(3-7-5)8(9)10;1-3-6-4-2-5-1/h1-15,20,43H,16-19H2,(H,38,40,41);1-13,33H;1-2,7H,3-6H2;2*1-2,7H,3-6,10H2;1-3H;5H,1-4H2. The summed E-state index contributed by atoms with van der Waals surface area (Å²) in [6.45, 7) is 16.3. The van der Waals surface area contributed by atoms with Gasteiger partial charge in [-0.25, -0.2) is 98.0 Å². The van der Waals surface area contributed by atoms with Gasteiger partial charge in [0.25, 0.3) is 31.4 Å². The van der Waals surface area contributed by atoms with Crippen molar-refractivity contribution in [1.29, 1.82) is 0 Å². The number of benzene rings is 6. The number of hydrogen-bond donors (Lipinski definition) is 6. The molecule has 48 heteroatoms. The fourth-order valence-corrected chi connectivity index (χ4v) is 18.8. The first-order valence-corrected chi connectivity index (χ1v) is 49.1. The zero-order valence-electron chi connectivity index (χ0n) is 75.5. The average Bonchev–Trinajstić information content (AvgIpc) is 1.77. The Morgan fingerprint density at radius 1 is 0.392 bits per heavy atom. The van der Waals surface area contributed by atoms with Crippen molar-refractivity contribution >= 4 is 135 Å². The summed E-state index contributed by atoms with van der Waals surface area (Å²) in [6, 6.07) is 52.1. The van der Waals surface area contributed by atoms with E-state index in [9.17, 15) is 54.6 Å². The first kappa shape index (κ1) is 104. The zero-order valence-corrected chi connectivity index (χ0v) is 80.3. The Morgan fingerprint density at radius 3 is 1.11 bits per heavy atom. The molecule has 8 N–H and O–H groups in total. The van der Waals surface area contributed by atoms with Gasteiger partial charge >= 0.3 is 0 Å². The molecule has 5 saturated heterocycles. The summed E-state index contributed by atoms with van der Waals surface area (Å²) in [7, 11) is -9.64. The molecule has 5 aliphatic heterocycles. The Kier molecular flexibility index (Phi) is 36.9. The van der Waals surface area contributed by atoms with Crippen molar-refractivity contribution in [3.8, 4) is 64.8 Å². The van der Waals surface area contributed by atoms with Crippen molar-refractivity contribution in [3.63, 3.8) is 0 Å². The topological polar surface area (TPSA) is 456 Å². The summed E-state index contributed by atoms with van der Waals surface area (Å²) in [6.07, 6.45) is 10.4. The maximum absolute atomic E-state index is 16.2. The molecule has 14 heterocycles. The van der Waals surface area contributed by atoms with Gasteiger partial charge in [0.2, 0.25) is 11.2 Å². The number of halogens is 8. The number of hydrogen-bond acceptors (Lipinski definition) is 34. The summed E-state index contributed by atoms with van der Waals surface area (Å²) >= 11 is 13.9. The van der Waals surface area contributed by atoms with E-state index in [-0.39, 0.29) is 50.3 Å². The minimum Gasteiger partial charge on any atom is -0.397 e. The first-order chi connectivity index (χ1) is 69.2. The quantitative estimate of drug-likeness (QED) is 0.0136. The fraction of sp³-hybridized carbons (Fsp3) is 0.211. The number of nitrogens with one attached hydrogen (secondary N) is 4. The van der Waals surface area contributed by atoms with Crippen LogP contribution in [0.1, 0.15) is 0 Å². The fourth-order valence-electron chi connectivity index (χ4n) is 14.0. The van der Waals surface area contributed by atoms with Gasteiger partial charge in [-0.15, -0.1) is 22.7 Å². The molecule has 5 fully saturated rings. The lowest BCUT2D eigenvalue weighted by molar-refractivity contribution is -0.385. The van der Waals surface area contributed by atoms with Crippen molar-refractivity contribution in [2.75, 3.05) is 177 Å². The summed E-state index contributed by atoms with van der Waals surface area (Å²) in [5.41, 5.74) is 14.7. The predicted octanol–water partition coefficient (Wildman–Crippen LogP) is 17.0. The average molecular weight is 2070 g/mol. The van der Waals surface area contributed by atoms with Crippen LogP contribution in [0, 0.1) is 55.1 Å². The maximum atomic E-state index is 16.2. The summed E-state index contributed by atoms with van der Waals surface area (Å²) < 4.78 is 171. The van der Waals surface area contributed by atoms with E-state index >= 15 is 8.78 Å². The molecule has 6 aromatic carbocycles. The zero-order chi connectivity index (χ0) is 101. The SMILES string of the molecule is C1COCCN1.Nc1ccc(N2CCOCC2)nc1.Nc1ccc(N2CCOCC2)nc1.O=S(=O)(Nc1cccc(-c2nc(-c3ccccc3)sc2-c2ccnc(Cl)n2)c1F)c1c(F)cccc1F.O=S(=O)(Nc1cccc(-c2nc(-c3ccccc3)sc2-c2ccnc(Nc3ccc(N4CCOCC4)nc3)n2)c1F)c1c(F)cccc1F.O=[N+]([O-])c1ccc(Cl)nc1.O=[N+]([O-])c1ccc(N2CCOCC2)nc1. The second-order valence-electron chi connectivity index (χ2n) is 30.7. The third-order valence-corrected chi connectivity index (χ3v) is 26.5. The lowest BCUT2D eigenvalue weighted by atomic mass is 10.1. The second-order valence-corrected chi connectivity index (χ2v) is 36.6. The normalized spacial score (nSPS) is 14.1. The molecule has 0 amide bonds. The highest BCUT2D eigenvalue weighted by atomic mass is 35.5. The van der Waals surface area contributed by atoms with Crippen LogP contribution < -0.4 is 51.1 Å². The molecule has 742 valence electrons. The highest BCUT2D eigenvalue weighted by molar-refractivity contribution is 7.93.